The Labute approximate surface area is 137 Å². The number of nitrogens with two attached hydrogens (primary N) is 1. The maximum Gasteiger partial charge on any atom is 0.193 e. The van der Waals surface area contributed by atoms with E-state index in [1.54, 1.807) is 24.3 Å². The molecule has 3 rings (SSSR count). The van der Waals surface area contributed by atoms with Gasteiger partial charge in [0.2, 0.25) is 0 Å². The van der Waals surface area contributed by atoms with Crippen LogP contribution in [0.1, 0.15) is 15.9 Å². The molecule has 0 saturated heterocycles. The monoisotopic (exact) mass is 322 g/mol. The fourth-order valence-electron chi connectivity index (χ4n) is 2.13. The lowest BCUT2D eigenvalue weighted by Crippen LogP contribution is -2.20. The highest BCUT2D eigenvalue weighted by Gasteiger charge is 2.10. The third kappa shape index (κ3) is 3.44. The van der Waals surface area contributed by atoms with Crippen molar-refractivity contribution in [3.63, 3.8) is 0 Å². The summed E-state index contributed by atoms with van der Waals surface area (Å²) in [5, 5.41) is 12.3. The molecule has 23 heavy (non-hydrogen) atoms. The predicted octanol–water partition coefficient (Wildman–Crippen LogP) is 3.35. The summed E-state index contributed by atoms with van der Waals surface area (Å²) in [5.41, 5.74) is 8.27. The summed E-state index contributed by atoms with van der Waals surface area (Å²) < 4.78 is 0. The third-order valence-electron chi connectivity index (χ3n) is 3.22. The zero-order chi connectivity index (χ0) is 16.2. The third-order valence-corrected chi connectivity index (χ3v) is 3.98. The molecule has 0 radical (unpaired) electrons. The average molecular weight is 322 g/mol. The van der Waals surface area contributed by atoms with Gasteiger partial charge in [-0.3, -0.25) is 10.2 Å². The fraction of sp³-hybridized carbons (Fsp3) is 0. The van der Waals surface area contributed by atoms with Gasteiger partial charge in [-0.2, -0.15) is 0 Å². The van der Waals surface area contributed by atoms with E-state index in [2.05, 4.69) is 10.3 Å². The van der Waals surface area contributed by atoms with Crippen LogP contribution in [0.2, 0.25) is 0 Å². The molecule has 0 atom stereocenters. The molecule has 1 aromatic heterocycles. The Balaban J connectivity index is 1.81. The van der Waals surface area contributed by atoms with Gasteiger partial charge in [0, 0.05) is 22.1 Å². The van der Waals surface area contributed by atoms with Crippen molar-refractivity contribution in [1.82, 2.24) is 4.98 Å². The Bertz CT molecular complexity index is 841. The lowest BCUT2D eigenvalue weighted by Gasteiger charge is -2.02. The highest BCUT2D eigenvalue weighted by Crippen LogP contribution is 2.25. The van der Waals surface area contributed by atoms with Gasteiger partial charge in [-0.1, -0.05) is 54.6 Å². The van der Waals surface area contributed by atoms with Crippen molar-refractivity contribution in [2.45, 2.75) is 0 Å². The quantitative estimate of drug-likeness (QED) is 0.390. The van der Waals surface area contributed by atoms with E-state index < -0.39 is 0 Å². The Morgan fingerprint density at radius 3 is 2.35 bits per heavy atom. The predicted molar refractivity (Wildman–Crippen MR) is 93.0 cm³/mol. The van der Waals surface area contributed by atoms with Gasteiger partial charge < -0.3 is 11.1 Å². The second kappa shape index (κ2) is 6.41. The first kappa shape index (κ1) is 14.9. The summed E-state index contributed by atoms with van der Waals surface area (Å²) in [4.78, 5) is 16.7. The Hall–Kier alpha value is -2.99. The fourth-order valence-corrected chi connectivity index (χ4v) is 2.86. The van der Waals surface area contributed by atoms with Crippen LogP contribution in [-0.2, 0) is 0 Å². The number of carbonyl (C=O) groups is 1. The summed E-state index contributed by atoms with van der Waals surface area (Å²) in [6.07, 6.45) is 0. The first-order valence-corrected chi connectivity index (χ1v) is 7.78. The molecule has 0 amide bonds. The van der Waals surface area contributed by atoms with Gasteiger partial charge in [-0.15, -0.1) is 11.3 Å². The normalized spacial score (nSPS) is 10.3. The van der Waals surface area contributed by atoms with Crippen LogP contribution in [0, 0.1) is 5.41 Å². The lowest BCUT2D eigenvalue weighted by atomic mass is 10.0. The van der Waals surface area contributed by atoms with Gasteiger partial charge in [-0.25, -0.2) is 4.98 Å². The van der Waals surface area contributed by atoms with E-state index >= 15 is 0 Å². The van der Waals surface area contributed by atoms with Crippen LogP contribution < -0.4 is 11.1 Å². The van der Waals surface area contributed by atoms with Crippen molar-refractivity contribution < 1.29 is 4.79 Å². The summed E-state index contributed by atoms with van der Waals surface area (Å²) in [7, 11) is 0. The van der Waals surface area contributed by atoms with Gasteiger partial charge in [0.25, 0.3) is 0 Å². The molecule has 0 fully saturated rings. The zero-order valence-corrected chi connectivity index (χ0v) is 12.9. The molecular formula is C17H14N4OS. The standard InChI is InChI=1S/C17H14N4OS/c18-16(19)21-17-20-14(10-23-17)11-6-8-13(9-7-11)15(22)12-4-2-1-3-5-12/h1-10H,(H4,18,19,20,21). The number of hydrogen-bond donors (Lipinski definition) is 3. The van der Waals surface area contributed by atoms with Gasteiger partial charge in [-0.05, 0) is 0 Å². The van der Waals surface area contributed by atoms with Crippen molar-refractivity contribution in [3.05, 3.63) is 71.1 Å². The van der Waals surface area contributed by atoms with E-state index in [4.69, 9.17) is 11.1 Å². The van der Waals surface area contributed by atoms with Gasteiger partial charge in [0.1, 0.15) is 0 Å². The van der Waals surface area contributed by atoms with E-state index in [1.807, 2.05) is 35.7 Å². The van der Waals surface area contributed by atoms with Crippen LogP contribution in [0.3, 0.4) is 0 Å². The van der Waals surface area contributed by atoms with Crippen LogP contribution in [-0.4, -0.2) is 16.7 Å². The van der Waals surface area contributed by atoms with E-state index in [0.29, 0.717) is 16.3 Å². The van der Waals surface area contributed by atoms with Gasteiger partial charge in [0.15, 0.2) is 16.9 Å². The molecule has 0 bridgehead atoms. The van der Waals surface area contributed by atoms with Crippen molar-refractivity contribution in [1.29, 1.82) is 5.41 Å². The number of aromatic nitrogens is 1. The molecule has 4 N–H and O–H groups in total. The number of benzene rings is 2. The van der Waals surface area contributed by atoms with Gasteiger partial charge in [0.05, 0.1) is 5.69 Å². The summed E-state index contributed by atoms with van der Waals surface area (Å²) in [6.45, 7) is 0. The number of nitrogens with zero attached hydrogens (tertiary/aromatic N) is 1. The van der Waals surface area contributed by atoms with Crippen molar-refractivity contribution in [2.75, 3.05) is 5.32 Å². The SMILES string of the molecule is N=C(N)Nc1nc(-c2ccc(C(=O)c3ccccc3)cc2)cs1. The molecule has 0 aliphatic heterocycles. The van der Waals surface area contributed by atoms with Crippen LogP contribution in [0.15, 0.2) is 60.0 Å². The highest BCUT2D eigenvalue weighted by atomic mass is 32.1. The summed E-state index contributed by atoms with van der Waals surface area (Å²) in [5.74, 6) is -0.149. The number of hydrogen-bond acceptors (Lipinski definition) is 4. The smallest absolute Gasteiger partial charge is 0.193 e. The molecular weight excluding hydrogens is 308 g/mol. The lowest BCUT2D eigenvalue weighted by molar-refractivity contribution is 0.103. The molecule has 114 valence electrons. The minimum atomic E-state index is -0.144. The van der Waals surface area contributed by atoms with Crippen LogP contribution in [0.25, 0.3) is 11.3 Å². The van der Waals surface area contributed by atoms with E-state index in [9.17, 15) is 4.79 Å². The number of ketones is 1. The average Bonchev–Trinajstić information content (AvgIpc) is 3.03. The molecule has 0 aliphatic carbocycles. The van der Waals surface area contributed by atoms with Crippen molar-refractivity contribution >= 4 is 28.2 Å². The molecule has 0 aliphatic rings. The highest BCUT2D eigenvalue weighted by molar-refractivity contribution is 7.14. The van der Waals surface area contributed by atoms with E-state index in [-0.39, 0.29) is 11.7 Å². The minimum Gasteiger partial charge on any atom is -0.370 e. The van der Waals surface area contributed by atoms with Crippen LogP contribution in [0.5, 0.6) is 0 Å². The number of thiazole rings is 1. The number of nitrogens with one attached hydrogen (secondary N) is 2. The second-order valence-corrected chi connectivity index (χ2v) is 5.71. The maximum atomic E-state index is 12.4. The molecule has 2 aromatic carbocycles. The van der Waals surface area contributed by atoms with Crippen LogP contribution in [0.4, 0.5) is 5.13 Å². The number of carbonyl (C=O) groups excluding carboxylic acids is 1. The molecule has 0 spiro atoms. The first-order valence-electron chi connectivity index (χ1n) is 6.90. The van der Waals surface area contributed by atoms with E-state index in [1.165, 1.54) is 11.3 Å². The van der Waals surface area contributed by atoms with Gasteiger partial charge >= 0.3 is 0 Å². The molecule has 0 saturated carbocycles. The van der Waals surface area contributed by atoms with Crippen molar-refractivity contribution in [3.8, 4) is 11.3 Å². The first-order chi connectivity index (χ1) is 11.1. The number of guanidine groups is 1. The van der Waals surface area contributed by atoms with E-state index in [0.717, 1.165) is 11.3 Å². The number of rotatable bonds is 4. The molecule has 3 aromatic rings. The maximum absolute atomic E-state index is 12.4. The molecule has 6 heteroatoms. The second-order valence-electron chi connectivity index (χ2n) is 4.85. The topological polar surface area (TPSA) is 91.9 Å². The summed E-state index contributed by atoms with van der Waals surface area (Å²) >= 11 is 1.37. The zero-order valence-electron chi connectivity index (χ0n) is 12.1. The van der Waals surface area contributed by atoms with Crippen LogP contribution >= 0.6 is 11.3 Å². The molecule has 1 heterocycles. The Morgan fingerprint density at radius 2 is 1.70 bits per heavy atom. The Morgan fingerprint density at radius 1 is 1.04 bits per heavy atom. The Kier molecular flexibility index (Phi) is 4.16. The van der Waals surface area contributed by atoms with Crippen molar-refractivity contribution in [2.24, 2.45) is 5.73 Å². The molecule has 5 nitrogen and oxygen atoms in total. The summed E-state index contributed by atoms with van der Waals surface area (Å²) in [6, 6.07) is 16.5. The molecule has 0 unspecified atom stereocenters. The minimum absolute atomic E-state index is 0.00522. The largest absolute Gasteiger partial charge is 0.370 e. The number of anilines is 1.